The van der Waals surface area contributed by atoms with Gasteiger partial charge in [0, 0.05) is 43.2 Å². The van der Waals surface area contributed by atoms with Crippen LogP contribution in [0.2, 0.25) is 0 Å². The van der Waals surface area contributed by atoms with Gasteiger partial charge < -0.3 is 25.8 Å². The number of para-hydroxylation sites is 1. The van der Waals surface area contributed by atoms with Gasteiger partial charge in [0.15, 0.2) is 11.6 Å². The number of carbonyl (C=O) groups is 4. The van der Waals surface area contributed by atoms with Crippen molar-refractivity contribution in [1.29, 1.82) is 0 Å². The number of nitrogens with one attached hydrogen (secondary N) is 2. The number of aromatic nitrogens is 2. The van der Waals surface area contributed by atoms with Crippen molar-refractivity contribution in [1.82, 2.24) is 25.3 Å². The number of amides is 4. The predicted molar refractivity (Wildman–Crippen MR) is 191 cm³/mol. The third-order valence-corrected chi connectivity index (χ3v) is 9.09. The first-order valence-corrected chi connectivity index (χ1v) is 17.1. The van der Waals surface area contributed by atoms with Gasteiger partial charge in [0.25, 0.3) is 11.8 Å². The van der Waals surface area contributed by atoms with Crippen LogP contribution in [-0.2, 0) is 22.6 Å². The van der Waals surface area contributed by atoms with Crippen LogP contribution < -0.4 is 21.1 Å². The van der Waals surface area contributed by atoms with Gasteiger partial charge in [-0.1, -0.05) is 48.9 Å². The minimum Gasteiger partial charge on any atom is -0.507 e. The Morgan fingerprint density at radius 2 is 1.71 bits per heavy atom. The summed E-state index contributed by atoms with van der Waals surface area (Å²) < 4.78 is 5.92. The second-order valence-corrected chi connectivity index (χ2v) is 12.8. The first-order chi connectivity index (χ1) is 24.7. The molecule has 1 aromatic heterocycles. The zero-order valence-corrected chi connectivity index (χ0v) is 28.4. The zero-order chi connectivity index (χ0) is 35.9. The average Bonchev–Trinajstić information content (AvgIpc) is 3.37. The number of hydrogen-bond acceptors (Lipinski definition) is 11. The molecule has 0 bridgehead atoms. The van der Waals surface area contributed by atoms with Crippen molar-refractivity contribution in [2.75, 3.05) is 37.8 Å². The van der Waals surface area contributed by atoms with Gasteiger partial charge in [0.2, 0.25) is 11.8 Å². The molecule has 0 radical (unpaired) electrons. The molecular formula is C38H41N7O6. The molecule has 3 heterocycles. The summed E-state index contributed by atoms with van der Waals surface area (Å²) >= 11 is 0. The Labute approximate surface area is 295 Å². The van der Waals surface area contributed by atoms with E-state index in [2.05, 4.69) is 57.0 Å². The highest BCUT2D eigenvalue weighted by Crippen LogP contribution is 2.33. The maximum Gasteiger partial charge on any atom is 0.264 e. The number of anilines is 2. The number of phenolic OH excluding ortho intramolecular Hbond substituents is 1. The minimum atomic E-state index is -0.985. The number of nitrogens with zero attached hydrogens (tertiary/aromatic N) is 4. The molecule has 4 aromatic rings. The summed E-state index contributed by atoms with van der Waals surface area (Å²) in [5.74, 6) is -1.32. The molecule has 0 aliphatic carbocycles. The van der Waals surface area contributed by atoms with Gasteiger partial charge in [-0.25, -0.2) is 0 Å². The molecule has 51 heavy (non-hydrogen) atoms. The highest BCUT2D eigenvalue weighted by atomic mass is 16.5. The van der Waals surface area contributed by atoms with Gasteiger partial charge in [-0.15, -0.1) is 10.2 Å². The molecule has 0 saturated carbocycles. The third kappa shape index (κ3) is 8.15. The van der Waals surface area contributed by atoms with Crippen LogP contribution in [0, 0.1) is 0 Å². The van der Waals surface area contributed by atoms with E-state index < -0.39 is 29.7 Å². The molecule has 264 valence electrons. The summed E-state index contributed by atoms with van der Waals surface area (Å²) in [5, 5.41) is 23.8. The summed E-state index contributed by atoms with van der Waals surface area (Å²) in [6.45, 7) is 2.78. The molecule has 1 atom stereocenters. The smallest absolute Gasteiger partial charge is 0.264 e. The van der Waals surface area contributed by atoms with E-state index in [0.29, 0.717) is 42.3 Å². The number of nitrogens with two attached hydrogens (primary N) is 1. The van der Waals surface area contributed by atoms with Crippen molar-refractivity contribution in [3.05, 3.63) is 95.1 Å². The zero-order valence-electron chi connectivity index (χ0n) is 28.4. The van der Waals surface area contributed by atoms with Gasteiger partial charge in [0.05, 0.1) is 17.7 Å². The number of aromatic hydroxyl groups is 1. The first kappa shape index (κ1) is 35.0. The maximum atomic E-state index is 13.3. The Morgan fingerprint density at radius 3 is 2.49 bits per heavy atom. The maximum absolute atomic E-state index is 13.3. The molecule has 3 aromatic carbocycles. The number of imide groups is 2. The van der Waals surface area contributed by atoms with Crippen molar-refractivity contribution < 1.29 is 29.0 Å². The fraction of sp³-hybridized carbons (Fsp3) is 0.316. The lowest BCUT2D eigenvalue weighted by Gasteiger charge is -2.27. The summed E-state index contributed by atoms with van der Waals surface area (Å²) in [5.41, 5.74) is 10.5. The highest BCUT2D eigenvalue weighted by Gasteiger charge is 2.45. The minimum absolute atomic E-state index is 0.0843. The number of fused-ring (bicyclic) bond motifs is 1. The lowest BCUT2D eigenvalue weighted by Crippen LogP contribution is -2.54. The molecule has 1 fully saturated rings. The number of carbonyl (C=O) groups excluding carboxylic acids is 4. The molecule has 2 aliphatic heterocycles. The van der Waals surface area contributed by atoms with Crippen molar-refractivity contribution in [2.45, 2.75) is 51.1 Å². The van der Waals surface area contributed by atoms with Gasteiger partial charge >= 0.3 is 0 Å². The summed E-state index contributed by atoms with van der Waals surface area (Å²) in [6.07, 6.45) is 3.75. The molecular weight excluding hydrogens is 650 g/mol. The van der Waals surface area contributed by atoms with Crippen LogP contribution in [0.3, 0.4) is 0 Å². The molecule has 5 N–H and O–H groups in total. The molecule has 1 saturated heterocycles. The fourth-order valence-electron chi connectivity index (χ4n) is 6.37. The number of hydrogen-bond donors (Lipinski definition) is 4. The normalized spacial score (nSPS) is 15.6. The summed E-state index contributed by atoms with van der Waals surface area (Å²) in [7, 11) is 2.10. The molecule has 0 spiro atoms. The molecule has 13 nitrogen and oxygen atoms in total. The monoisotopic (exact) mass is 691 g/mol. The standard InChI is InChI=1S/C38H41N7O6/c1-44(23-25-14-12-24(13-15-25)18-21-51-32-22-29(42-43-35(32)39)26-8-3-4-11-31(26)46)20-6-2-5-19-40-28-10-7-9-27-34(28)38(50)45(37(27)49)30-16-17-33(47)41-36(30)48/h3-4,7-15,22,30,40,46H,2,5-6,16-21,23H2,1H3,(H2,39,43)(H,41,47,48). The van der Waals surface area contributed by atoms with E-state index >= 15 is 0 Å². The van der Waals surface area contributed by atoms with E-state index in [1.54, 1.807) is 42.5 Å². The summed E-state index contributed by atoms with van der Waals surface area (Å²) in [6, 6.07) is 21.1. The van der Waals surface area contributed by atoms with Crippen LogP contribution in [0.15, 0.2) is 72.8 Å². The number of phenols is 1. The number of rotatable bonds is 15. The number of piperidine rings is 1. The Kier molecular flexibility index (Phi) is 10.9. The van der Waals surface area contributed by atoms with Crippen LogP contribution in [0.1, 0.15) is 63.9 Å². The third-order valence-electron chi connectivity index (χ3n) is 9.09. The molecule has 2 aliphatic rings. The van der Waals surface area contributed by atoms with Crippen molar-refractivity contribution >= 4 is 35.1 Å². The summed E-state index contributed by atoms with van der Waals surface area (Å²) in [4.78, 5) is 53.5. The molecule has 13 heteroatoms. The topological polar surface area (TPSA) is 180 Å². The Bertz CT molecular complexity index is 1930. The van der Waals surface area contributed by atoms with Gasteiger partial charge in [-0.2, -0.15) is 0 Å². The molecule has 4 amide bonds. The van der Waals surface area contributed by atoms with Crippen molar-refractivity contribution in [2.24, 2.45) is 0 Å². The lowest BCUT2D eigenvalue weighted by atomic mass is 10.0. The SMILES string of the molecule is CN(CCCCCNc1cccc2c1C(=O)N(C1CCC(=O)NC1=O)C2=O)Cc1ccc(CCOc2cc(-c3ccccc3O)nnc2N)cc1. The van der Waals surface area contributed by atoms with E-state index in [-0.39, 0.29) is 35.5 Å². The number of ether oxygens (including phenoxy) is 1. The van der Waals surface area contributed by atoms with Crippen LogP contribution >= 0.6 is 0 Å². The van der Waals surface area contributed by atoms with E-state index in [1.807, 2.05) is 6.07 Å². The van der Waals surface area contributed by atoms with E-state index in [4.69, 9.17) is 10.5 Å². The van der Waals surface area contributed by atoms with Gasteiger partial charge in [-0.05, 0) is 68.2 Å². The molecule has 6 rings (SSSR count). The molecule has 1 unspecified atom stereocenters. The van der Waals surface area contributed by atoms with Crippen LogP contribution in [0.4, 0.5) is 11.5 Å². The van der Waals surface area contributed by atoms with E-state index in [0.717, 1.165) is 42.8 Å². The van der Waals surface area contributed by atoms with Crippen molar-refractivity contribution in [3.8, 4) is 22.8 Å². The van der Waals surface area contributed by atoms with Crippen LogP contribution in [0.25, 0.3) is 11.3 Å². The van der Waals surface area contributed by atoms with Crippen molar-refractivity contribution in [3.63, 3.8) is 0 Å². The lowest BCUT2D eigenvalue weighted by molar-refractivity contribution is -0.136. The second-order valence-electron chi connectivity index (χ2n) is 12.8. The Balaban J connectivity index is 0.901. The fourth-order valence-corrected chi connectivity index (χ4v) is 6.37. The quantitative estimate of drug-likeness (QED) is 0.104. The van der Waals surface area contributed by atoms with Gasteiger partial charge in [-0.3, -0.25) is 29.4 Å². The predicted octanol–water partition coefficient (Wildman–Crippen LogP) is 4.17. The number of benzene rings is 3. The van der Waals surface area contributed by atoms with Crippen LogP contribution in [0.5, 0.6) is 11.5 Å². The second kappa shape index (κ2) is 15.8. The Morgan fingerprint density at radius 1 is 0.941 bits per heavy atom. The number of unbranched alkanes of at least 4 members (excludes halogenated alkanes) is 2. The van der Waals surface area contributed by atoms with E-state index in [9.17, 15) is 24.3 Å². The van der Waals surface area contributed by atoms with E-state index in [1.165, 1.54) is 5.56 Å². The number of nitrogen functional groups attached to an aromatic ring is 1. The highest BCUT2D eigenvalue weighted by molar-refractivity contribution is 6.25. The largest absolute Gasteiger partial charge is 0.507 e. The van der Waals surface area contributed by atoms with Crippen LogP contribution in [-0.4, -0.2) is 81.5 Å². The van der Waals surface area contributed by atoms with Gasteiger partial charge in [0.1, 0.15) is 17.5 Å². The Hall–Kier alpha value is -5.82. The first-order valence-electron chi connectivity index (χ1n) is 17.1. The average molecular weight is 692 g/mol.